The molecule has 0 bridgehead atoms. The molecule has 0 radical (unpaired) electrons. The van der Waals surface area contributed by atoms with E-state index in [4.69, 9.17) is 21.1 Å². The fraction of sp³-hybridized carbons (Fsp3) is 0.579. The van der Waals surface area contributed by atoms with E-state index >= 15 is 0 Å². The summed E-state index contributed by atoms with van der Waals surface area (Å²) in [5.74, 6) is -0.490. The molecule has 0 saturated carbocycles. The third-order valence-electron chi connectivity index (χ3n) is 3.76. The van der Waals surface area contributed by atoms with E-state index in [1.54, 1.807) is 41.5 Å². The summed E-state index contributed by atoms with van der Waals surface area (Å²) in [6, 6.07) is 3.91. The van der Waals surface area contributed by atoms with Gasteiger partial charge in [0.25, 0.3) is 0 Å². The monoisotopic (exact) mass is 400 g/mol. The molecule has 150 valence electrons. The number of carbonyl (C=O) groups is 2. The lowest BCUT2D eigenvalue weighted by Crippen LogP contribution is -2.69. The van der Waals surface area contributed by atoms with Crippen LogP contribution in [0.1, 0.15) is 47.1 Å². The summed E-state index contributed by atoms with van der Waals surface area (Å²) in [4.78, 5) is 26.0. The van der Waals surface area contributed by atoms with Crippen molar-refractivity contribution in [1.82, 2.24) is 10.2 Å². The Hall–Kier alpha value is -2.02. The molecule has 0 aliphatic carbocycles. The van der Waals surface area contributed by atoms with Crippen LogP contribution >= 0.6 is 11.6 Å². The number of hydrogen-bond donors (Lipinski definition) is 1. The van der Waals surface area contributed by atoms with Gasteiger partial charge in [-0.15, -0.1) is 0 Å². The van der Waals surface area contributed by atoms with Crippen LogP contribution in [0.2, 0.25) is 5.02 Å². The number of nitrogens with zero attached hydrogens (tertiary/aromatic N) is 1. The van der Waals surface area contributed by atoms with Gasteiger partial charge < -0.3 is 19.7 Å². The van der Waals surface area contributed by atoms with Crippen molar-refractivity contribution in [3.63, 3.8) is 0 Å². The average Bonchev–Trinajstić information content (AvgIpc) is 2.41. The largest absolute Gasteiger partial charge is 0.444 e. The van der Waals surface area contributed by atoms with Crippen molar-refractivity contribution in [2.75, 3.05) is 13.1 Å². The Labute approximate surface area is 163 Å². The van der Waals surface area contributed by atoms with Gasteiger partial charge in [0.2, 0.25) is 0 Å². The standard InChI is InChI=1S/C19H26ClFN2O4/c1-17(2,3)26-15(24)22-19(13-9-12(21)7-8-14(13)20)10-23(11-19)16(25)27-18(4,5)6/h7-9H,10-11H2,1-6H3,(H,22,24). The smallest absolute Gasteiger partial charge is 0.410 e. The molecule has 1 fully saturated rings. The van der Waals surface area contributed by atoms with Crippen molar-refractivity contribution in [2.24, 2.45) is 0 Å². The lowest BCUT2D eigenvalue weighted by Gasteiger charge is -2.50. The van der Waals surface area contributed by atoms with Crippen molar-refractivity contribution in [3.8, 4) is 0 Å². The van der Waals surface area contributed by atoms with Gasteiger partial charge in [0, 0.05) is 10.6 Å². The Morgan fingerprint density at radius 2 is 1.67 bits per heavy atom. The van der Waals surface area contributed by atoms with Crippen molar-refractivity contribution < 1.29 is 23.5 Å². The summed E-state index contributed by atoms with van der Waals surface area (Å²) in [5.41, 5.74) is -2.02. The number of ether oxygens (including phenoxy) is 2. The fourth-order valence-electron chi connectivity index (χ4n) is 2.74. The molecular weight excluding hydrogens is 375 g/mol. The van der Waals surface area contributed by atoms with Gasteiger partial charge in [0.1, 0.15) is 22.6 Å². The lowest BCUT2D eigenvalue weighted by molar-refractivity contribution is -0.0230. The third kappa shape index (κ3) is 5.48. The molecule has 1 aromatic rings. The maximum atomic E-state index is 13.8. The molecule has 1 heterocycles. The van der Waals surface area contributed by atoms with E-state index in [-0.39, 0.29) is 18.1 Å². The van der Waals surface area contributed by atoms with E-state index in [1.807, 2.05) is 0 Å². The van der Waals surface area contributed by atoms with Gasteiger partial charge in [-0.25, -0.2) is 14.0 Å². The van der Waals surface area contributed by atoms with Gasteiger partial charge in [-0.3, -0.25) is 0 Å². The Balaban J connectivity index is 2.26. The minimum atomic E-state index is -1.06. The minimum Gasteiger partial charge on any atom is -0.444 e. The molecule has 6 nitrogen and oxygen atoms in total. The zero-order valence-corrected chi connectivity index (χ0v) is 17.2. The second-order valence-electron chi connectivity index (χ2n) is 8.67. The highest BCUT2D eigenvalue weighted by Gasteiger charge is 2.50. The van der Waals surface area contributed by atoms with Crippen LogP contribution in [-0.4, -0.2) is 41.4 Å². The van der Waals surface area contributed by atoms with Gasteiger partial charge >= 0.3 is 12.2 Å². The lowest BCUT2D eigenvalue weighted by atomic mass is 9.82. The first-order valence-electron chi connectivity index (χ1n) is 8.65. The van der Waals surface area contributed by atoms with Crippen LogP contribution in [0.4, 0.5) is 14.0 Å². The highest BCUT2D eigenvalue weighted by atomic mass is 35.5. The van der Waals surface area contributed by atoms with Crippen LogP contribution in [0.3, 0.4) is 0 Å². The molecule has 2 rings (SSSR count). The summed E-state index contributed by atoms with van der Waals surface area (Å²) in [7, 11) is 0. The van der Waals surface area contributed by atoms with Crippen molar-refractivity contribution in [2.45, 2.75) is 58.3 Å². The molecule has 1 aromatic carbocycles. The van der Waals surface area contributed by atoms with Crippen LogP contribution in [-0.2, 0) is 15.0 Å². The number of nitrogens with one attached hydrogen (secondary N) is 1. The van der Waals surface area contributed by atoms with Gasteiger partial charge in [-0.2, -0.15) is 0 Å². The summed E-state index contributed by atoms with van der Waals surface area (Å²) in [5, 5.41) is 3.04. The molecule has 1 aliphatic rings. The number of halogens is 2. The van der Waals surface area contributed by atoms with E-state index in [1.165, 1.54) is 23.1 Å². The predicted molar refractivity (Wildman–Crippen MR) is 100 cm³/mol. The van der Waals surface area contributed by atoms with Crippen LogP contribution in [0.5, 0.6) is 0 Å². The first-order valence-corrected chi connectivity index (χ1v) is 9.03. The number of benzene rings is 1. The van der Waals surface area contributed by atoms with E-state index in [9.17, 15) is 14.0 Å². The quantitative estimate of drug-likeness (QED) is 0.796. The second-order valence-corrected chi connectivity index (χ2v) is 9.08. The average molecular weight is 401 g/mol. The summed E-state index contributed by atoms with van der Waals surface area (Å²) in [6.45, 7) is 10.7. The highest BCUT2D eigenvalue weighted by Crippen LogP contribution is 2.37. The van der Waals surface area contributed by atoms with E-state index < -0.39 is 34.7 Å². The van der Waals surface area contributed by atoms with Crippen molar-refractivity contribution in [1.29, 1.82) is 0 Å². The Kier molecular flexibility index (Phi) is 5.66. The number of alkyl carbamates (subject to hydrolysis) is 1. The Morgan fingerprint density at radius 3 is 2.19 bits per heavy atom. The molecule has 0 spiro atoms. The zero-order chi connectivity index (χ0) is 20.6. The topological polar surface area (TPSA) is 67.9 Å². The van der Waals surface area contributed by atoms with E-state index in [0.717, 1.165) is 0 Å². The zero-order valence-electron chi connectivity index (χ0n) is 16.5. The summed E-state index contributed by atoms with van der Waals surface area (Å²) in [6.07, 6.45) is -1.19. The molecule has 0 unspecified atom stereocenters. The van der Waals surface area contributed by atoms with Gasteiger partial charge in [0.05, 0.1) is 13.1 Å². The molecular formula is C19H26ClFN2O4. The predicted octanol–water partition coefficient (Wildman–Crippen LogP) is 4.45. The number of carbonyl (C=O) groups excluding carboxylic acids is 2. The fourth-order valence-corrected chi connectivity index (χ4v) is 3.04. The van der Waals surface area contributed by atoms with Crippen molar-refractivity contribution in [3.05, 3.63) is 34.6 Å². The molecule has 2 amide bonds. The second kappa shape index (κ2) is 7.19. The molecule has 8 heteroatoms. The highest BCUT2D eigenvalue weighted by molar-refractivity contribution is 6.31. The maximum Gasteiger partial charge on any atom is 0.410 e. The molecule has 1 aliphatic heterocycles. The van der Waals surface area contributed by atoms with E-state index in [2.05, 4.69) is 5.32 Å². The maximum absolute atomic E-state index is 13.8. The summed E-state index contributed by atoms with van der Waals surface area (Å²) >= 11 is 6.25. The van der Waals surface area contributed by atoms with Crippen molar-refractivity contribution >= 4 is 23.8 Å². The van der Waals surface area contributed by atoms with Crippen LogP contribution in [0.25, 0.3) is 0 Å². The number of amides is 2. The first kappa shape index (κ1) is 21.3. The molecule has 1 N–H and O–H groups in total. The normalized spacial score (nSPS) is 16.4. The Bertz CT molecular complexity index is 734. The van der Waals surface area contributed by atoms with E-state index in [0.29, 0.717) is 5.56 Å². The molecule has 27 heavy (non-hydrogen) atoms. The molecule has 0 aromatic heterocycles. The third-order valence-corrected chi connectivity index (χ3v) is 4.09. The van der Waals surface area contributed by atoms with Gasteiger partial charge in [-0.05, 0) is 59.7 Å². The first-order chi connectivity index (χ1) is 12.2. The number of hydrogen-bond acceptors (Lipinski definition) is 4. The van der Waals surface area contributed by atoms with Crippen LogP contribution < -0.4 is 5.32 Å². The Morgan fingerprint density at radius 1 is 1.11 bits per heavy atom. The van der Waals surface area contributed by atoms with Crippen LogP contribution in [0.15, 0.2) is 18.2 Å². The van der Waals surface area contributed by atoms with Gasteiger partial charge in [-0.1, -0.05) is 11.6 Å². The SMILES string of the molecule is CC(C)(C)OC(=O)NC1(c2cc(F)ccc2Cl)CN(C(=O)OC(C)(C)C)C1. The number of rotatable bonds is 2. The number of likely N-dealkylation sites (tertiary alicyclic amines) is 1. The summed E-state index contributed by atoms with van der Waals surface area (Å²) < 4.78 is 24.5. The minimum absolute atomic E-state index is 0.0876. The van der Waals surface area contributed by atoms with Crippen LogP contribution in [0, 0.1) is 5.82 Å². The molecule has 1 saturated heterocycles. The van der Waals surface area contributed by atoms with Gasteiger partial charge in [0.15, 0.2) is 0 Å². The molecule has 0 atom stereocenters.